The molecule has 6 nitrogen and oxygen atoms in total. The van der Waals surface area contributed by atoms with Crippen LogP contribution in [-0.4, -0.2) is 46.9 Å². The molecule has 1 aliphatic heterocycles. The van der Waals surface area contributed by atoms with Crippen molar-refractivity contribution in [1.82, 2.24) is 15.1 Å². The number of urea groups is 1. The molecule has 1 saturated heterocycles. The van der Waals surface area contributed by atoms with Crippen molar-refractivity contribution in [1.29, 1.82) is 0 Å². The van der Waals surface area contributed by atoms with E-state index in [1.165, 1.54) is 11.3 Å². The second-order valence-electron chi connectivity index (χ2n) is 3.30. The largest absolute Gasteiger partial charge is 0.375 e. The van der Waals surface area contributed by atoms with Gasteiger partial charge < -0.3 is 9.64 Å². The first-order valence-corrected chi connectivity index (χ1v) is 5.57. The topological polar surface area (TPSA) is 67.4 Å². The summed E-state index contributed by atoms with van der Waals surface area (Å²) in [6, 6.07) is -0.137. The van der Waals surface area contributed by atoms with Crippen LogP contribution in [0.4, 0.5) is 9.93 Å². The molecule has 82 valence electrons. The number of carbonyl (C=O) groups is 1. The molecule has 15 heavy (non-hydrogen) atoms. The van der Waals surface area contributed by atoms with Crippen LogP contribution in [-0.2, 0) is 4.74 Å². The molecule has 1 aromatic heterocycles. The number of carbonyl (C=O) groups excluding carboxylic acids is 1. The number of rotatable bonds is 1. The maximum atomic E-state index is 11.7. The number of hydrogen-bond acceptors (Lipinski definition) is 5. The number of hydrogen-bond donors (Lipinski definition) is 1. The van der Waals surface area contributed by atoms with E-state index in [9.17, 15) is 4.79 Å². The predicted octanol–water partition coefficient (Wildman–Crippen LogP) is 0.791. The van der Waals surface area contributed by atoms with Crippen molar-refractivity contribution in [2.24, 2.45) is 0 Å². The van der Waals surface area contributed by atoms with Crippen molar-refractivity contribution >= 4 is 22.5 Å². The Morgan fingerprint density at radius 2 is 2.67 bits per heavy atom. The fraction of sp³-hybridized carbons (Fsp3) is 0.625. The molecule has 0 bridgehead atoms. The predicted molar refractivity (Wildman–Crippen MR) is 55.9 cm³/mol. The van der Waals surface area contributed by atoms with Crippen molar-refractivity contribution < 1.29 is 9.53 Å². The Balaban J connectivity index is 1.90. The summed E-state index contributed by atoms with van der Waals surface area (Å²) >= 11 is 1.30. The van der Waals surface area contributed by atoms with Crippen molar-refractivity contribution in [3.8, 4) is 0 Å². The Hall–Kier alpha value is -1.21. The summed E-state index contributed by atoms with van der Waals surface area (Å²) in [7, 11) is 0. The van der Waals surface area contributed by atoms with E-state index < -0.39 is 0 Å². The summed E-state index contributed by atoms with van der Waals surface area (Å²) in [6.45, 7) is 3.77. The highest BCUT2D eigenvalue weighted by atomic mass is 32.1. The maximum absolute atomic E-state index is 11.7. The lowest BCUT2D eigenvalue weighted by molar-refractivity contribution is -0.00138. The molecule has 0 aromatic carbocycles. The molecule has 0 radical (unpaired) electrons. The number of amides is 2. The number of ether oxygens (including phenoxy) is 1. The lowest BCUT2D eigenvalue weighted by Gasteiger charge is -2.30. The maximum Gasteiger partial charge on any atom is 0.323 e. The molecule has 1 N–H and O–H groups in total. The Morgan fingerprint density at radius 1 is 1.80 bits per heavy atom. The van der Waals surface area contributed by atoms with Crippen LogP contribution >= 0.6 is 11.3 Å². The SMILES string of the molecule is C[C@H]1CN(C(=O)Nc2nncs2)CCO1. The molecular weight excluding hydrogens is 216 g/mol. The van der Waals surface area contributed by atoms with E-state index >= 15 is 0 Å². The number of aromatic nitrogens is 2. The minimum absolute atomic E-state index is 0.0962. The molecular formula is C8H12N4O2S. The van der Waals surface area contributed by atoms with E-state index in [1.807, 2.05) is 6.92 Å². The summed E-state index contributed by atoms with van der Waals surface area (Å²) < 4.78 is 5.35. The van der Waals surface area contributed by atoms with Gasteiger partial charge in [0.05, 0.1) is 12.7 Å². The molecule has 0 unspecified atom stereocenters. The smallest absolute Gasteiger partial charge is 0.323 e. The molecule has 1 aliphatic rings. The van der Waals surface area contributed by atoms with Gasteiger partial charge in [0.25, 0.3) is 0 Å². The zero-order valence-corrected chi connectivity index (χ0v) is 9.16. The van der Waals surface area contributed by atoms with Gasteiger partial charge >= 0.3 is 6.03 Å². The third-order valence-corrected chi connectivity index (χ3v) is 2.71. The van der Waals surface area contributed by atoms with Crippen LogP contribution in [0.25, 0.3) is 0 Å². The van der Waals surface area contributed by atoms with Crippen LogP contribution in [0, 0.1) is 0 Å². The van der Waals surface area contributed by atoms with Gasteiger partial charge in [-0.2, -0.15) is 0 Å². The average molecular weight is 228 g/mol. The minimum Gasteiger partial charge on any atom is -0.375 e. The van der Waals surface area contributed by atoms with Crippen LogP contribution in [0.3, 0.4) is 0 Å². The van der Waals surface area contributed by atoms with Crippen LogP contribution < -0.4 is 5.32 Å². The van der Waals surface area contributed by atoms with Gasteiger partial charge in [-0.25, -0.2) is 4.79 Å². The Morgan fingerprint density at radius 3 is 3.33 bits per heavy atom. The molecule has 0 saturated carbocycles. The number of morpholine rings is 1. The third-order valence-electron chi connectivity index (χ3n) is 2.10. The van der Waals surface area contributed by atoms with Crippen molar-refractivity contribution in [2.45, 2.75) is 13.0 Å². The molecule has 1 fully saturated rings. The number of anilines is 1. The number of nitrogens with one attached hydrogen (secondary N) is 1. The minimum atomic E-state index is -0.137. The standard InChI is InChI=1S/C8H12N4O2S/c1-6-4-12(2-3-14-6)8(13)10-7-11-9-5-15-7/h5-6H,2-4H2,1H3,(H,10,11,13)/t6-/m0/s1. The Labute approximate surface area is 91.2 Å². The van der Waals surface area contributed by atoms with Gasteiger partial charge in [0.15, 0.2) is 0 Å². The van der Waals surface area contributed by atoms with Crippen LogP contribution in [0.15, 0.2) is 5.51 Å². The van der Waals surface area contributed by atoms with Gasteiger partial charge in [-0.3, -0.25) is 5.32 Å². The van der Waals surface area contributed by atoms with E-state index in [0.29, 0.717) is 24.8 Å². The van der Waals surface area contributed by atoms with Gasteiger partial charge in [-0.05, 0) is 6.92 Å². The second-order valence-corrected chi connectivity index (χ2v) is 4.13. The van der Waals surface area contributed by atoms with Crippen molar-refractivity contribution in [3.63, 3.8) is 0 Å². The quantitative estimate of drug-likeness (QED) is 0.771. The van der Waals surface area contributed by atoms with E-state index in [4.69, 9.17) is 4.74 Å². The fourth-order valence-electron chi connectivity index (χ4n) is 1.40. The average Bonchev–Trinajstić information content (AvgIpc) is 2.70. The van der Waals surface area contributed by atoms with Gasteiger partial charge in [0, 0.05) is 13.1 Å². The monoisotopic (exact) mass is 228 g/mol. The molecule has 0 spiro atoms. The Kier molecular flexibility index (Phi) is 3.12. The van der Waals surface area contributed by atoms with E-state index in [-0.39, 0.29) is 12.1 Å². The summed E-state index contributed by atoms with van der Waals surface area (Å²) in [5.74, 6) is 0. The van der Waals surface area contributed by atoms with E-state index in [0.717, 1.165) is 0 Å². The van der Waals surface area contributed by atoms with Crippen molar-refractivity contribution in [3.05, 3.63) is 5.51 Å². The first kappa shape index (κ1) is 10.3. The zero-order chi connectivity index (χ0) is 10.7. The van der Waals surface area contributed by atoms with Crippen LogP contribution in [0.5, 0.6) is 0 Å². The third kappa shape index (κ3) is 2.63. The van der Waals surface area contributed by atoms with E-state index in [2.05, 4.69) is 15.5 Å². The molecule has 2 heterocycles. The highest BCUT2D eigenvalue weighted by molar-refractivity contribution is 7.13. The fourth-order valence-corrected chi connectivity index (χ4v) is 1.84. The molecule has 2 rings (SSSR count). The lowest BCUT2D eigenvalue weighted by Crippen LogP contribution is -2.46. The molecule has 0 aliphatic carbocycles. The summed E-state index contributed by atoms with van der Waals surface area (Å²) in [4.78, 5) is 13.4. The van der Waals surface area contributed by atoms with E-state index in [1.54, 1.807) is 10.4 Å². The summed E-state index contributed by atoms with van der Waals surface area (Å²) in [5.41, 5.74) is 1.58. The molecule has 2 amide bonds. The van der Waals surface area contributed by atoms with Crippen molar-refractivity contribution in [2.75, 3.05) is 25.0 Å². The molecule has 1 aromatic rings. The van der Waals surface area contributed by atoms with Gasteiger partial charge in [0.1, 0.15) is 5.51 Å². The zero-order valence-electron chi connectivity index (χ0n) is 8.34. The summed E-state index contributed by atoms with van der Waals surface area (Å²) in [6.07, 6.45) is 0.0962. The van der Waals surface area contributed by atoms with Crippen LogP contribution in [0.1, 0.15) is 6.92 Å². The molecule has 1 atom stereocenters. The first-order valence-electron chi connectivity index (χ1n) is 4.69. The van der Waals surface area contributed by atoms with Gasteiger partial charge in [0.2, 0.25) is 5.13 Å². The Bertz CT molecular complexity index is 329. The van der Waals surface area contributed by atoms with Gasteiger partial charge in [-0.1, -0.05) is 11.3 Å². The highest BCUT2D eigenvalue weighted by Crippen LogP contribution is 2.11. The summed E-state index contributed by atoms with van der Waals surface area (Å²) in [5, 5.41) is 10.6. The second kappa shape index (κ2) is 4.54. The lowest BCUT2D eigenvalue weighted by atomic mass is 10.3. The normalized spacial score (nSPS) is 21.4. The van der Waals surface area contributed by atoms with Crippen LogP contribution in [0.2, 0.25) is 0 Å². The highest BCUT2D eigenvalue weighted by Gasteiger charge is 2.21. The molecule has 7 heteroatoms. The first-order chi connectivity index (χ1) is 7.25. The number of nitrogens with zero attached hydrogens (tertiary/aromatic N) is 3. The van der Waals surface area contributed by atoms with Gasteiger partial charge in [-0.15, -0.1) is 10.2 Å².